The highest BCUT2D eigenvalue weighted by atomic mass is 16.6. The van der Waals surface area contributed by atoms with E-state index in [1.807, 2.05) is 12.1 Å². The molecule has 1 aromatic heterocycles. The van der Waals surface area contributed by atoms with Gasteiger partial charge < -0.3 is 14.5 Å². The molecule has 7 nitrogen and oxygen atoms in total. The molecule has 1 amide bonds. The summed E-state index contributed by atoms with van der Waals surface area (Å²) in [6, 6.07) is 7.19. The summed E-state index contributed by atoms with van der Waals surface area (Å²) >= 11 is 0. The van der Waals surface area contributed by atoms with Crippen LogP contribution < -0.4 is 5.32 Å². The maximum Gasteiger partial charge on any atom is 0.314 e. The van der Waals surface area contributed by atoms with Crippen LogP contribution in [-0.2, 0) is 14.3 Å². The number of nitrogens with zero attached hydrogens (tertiary/aromatic N) is 2. The molecule has 2 atom stereocenters. The van der Waals surface area contributed by atoms with Crippen molar-refractivity contribution < 1.29 is 18.7 Å². The van der Waals surface area contributed by atoms with Crippen LogP contribution in [0, 0.1) is 6.92 Å². The van der Waals surface area contributed by atoms with Crippen LogP contribution in [0.3, 0.4) is 0 Å². The number of para-hydroxylation sites is 1. The van der Waals surface area contributed by atoms with Gasteiger partial charge in [0.1, 0.15) is 0 Å². The lowest BCUT2D eigenvalue weighted by Crippen LogP contribution is -2.29. The summed E-state index contributed by atoms with van der Waals surface area (Å²) in [5.74, 6) is -0.677. The highest BCUT2D eigenvalue weighted by Gasteiger charge is 2.33. The standard InChI is InChI=1S/C15H15N3O4/c1-8(14-18-17-9(2)22-14)21-15(20)11-7-13(19)16-12-6-4-3-5-10(11)12/h3-6,8,11H,7H2,1-2H3,(H,16,19)/t8-,11+/m1/s1. The van der Waals surface area contributed by atoms with Gasteiger partial charge in [-0.3, -0.25) is 9.59 Å². The maximum atomic E-state index is 12.4. The molecule has 0 radical (unpaired) electrons. The normalized spacial score (nSPS) is 18.3. The SMILES string of the molecule is Cc1nnc([C@@H](C)OC(=O)[C@H]2CC(=O)Nc3ccccc32)o1. The minimum atomic E-state index is -0.661. The average Bonchev–Trinajstić information content (AvgIpc) is 2.93. The Labute approximate surface area is 126 Å². The van der Waals surface area contributed by atoms with E-state index in [1.54, 1.807) is 26.0 Å². The van der Waals surface area contributed by atoms with Crippen molar-refractivity contribution in [2.45, 2.75) is 32.3 Å². The van der Waals surface area contributed by atoms with Crippen LogP contribution in [0.15, 0.2) is 28.7 Å². The Morgan fingerprint density at radius 1 is 1.41 bits per heavy atom. The van der Waals surface area contributed by atoms with E-state index < -0.39 is 18.0 Å². The highest BCUT2D eigenvalue weighted by Crippen LogP contribution is 2.34. The number of ether oxygens (including phenoxy) is 1. The van der Waals surface area contributed by atoms with Gasteiger partial charge in [0.25, 0.3) is 5.89 Å². The predicted octanol–water partition coefficient (Wildman–Crippen LogP) is 2.11. The van der Waals surface area contributed by atoms with Gasteiger partial charge in [0.05, 0.1) is 5.92 Å². The van der Waals surface area contributed by atoms with Gasteiger partial charge in [-0.15, -0.1) is 10.2 Å². The molecule has 2 aromatic rings. The topological polar surface area (TPSA) is 94.3 Å². The molecule has 0 saturated carbocycles. The Kier molecular flexibility index (Phi) is 3.62. The molecule has 0 saturated heterocycles. The molecule has 0 unspecified atom stereocenters. The number of nitrogens with one attached hydrogen (secondary N) is 1. The van der Waals surface area contributed by atoms with E-state index >= 15 is 0 Å². The van der Waals surface area contributed by atoms with Gasteiger partial charge in [0.2, 0.25) is 11.8 Å². The van der Waals surface area contributed by atoms with Crippen LogP contribution in [0.4, 0.5) is 5.69 Å². The van der Waals surface area contributed by atoms with Crippen LogP contribution in [-0.4, -0.2) is 22.1 Å². The monoisotopic (exact) mass is 301 g/mol. The van der Waals surface area contributed by atoms with Crippen LogP contribution >= 0.6 is 0 Å². The lowest BCUT2D eigenvalue weighted by molar-refractivity contribution is -0.152. The molecule has 1 aliphatic heterocycles. The lowest BCUT2D eigenvalue weighted by Gasteiger charge is -2.24. The zero-order valence-corrected chi connectivity index (χ0v) is 12.2. The van der Waals surface area contributed by atoms with Crippen molar-refractivity contribution in [2.24, 2.45) is 0 Å². The van der Waals surface area contributed by atoms with Crippen LogP contribution in [0.1, 0.15) is 42.7 Å². The second-order valence-corrected chi connectivity index (χ2v) is 5.13. The third kappa shape index (κ3) is 2.69. The summed E-state index contributed by atoms with van der Waals surface area (Å²) in [7, 11) is 0. The molecule has 0 aliphatic carbocycles. The van der Waals surface area contributed by atoms with E-state index in [-0.39, 0.29) is 18.2 Å². The molecular formula is C15H15N3O4. The van der Waals surface area contributed by atoms with Crippen molar-refractivity contribution in [3.63, 3.8) is 0 Å². The van der Waals surface area contributed by atoms with E-state index in [2.05, 4.69) is 15.5 Å². The van der Waals surface area contributed by atoms with E-state index in [0.717, 1.165) is 5.56 Å². The number of esters is 1. The number of aryl methyl sites for hydroxylation is 1. The molecule has 2 heterocycles. The Balaban J connectivity index is 1.79. The quantitative estimate of drug-likeness (QED) is 0.872. The first-order valence-corrected chi connectivity index (χ1v) is 6.94. The van der Waals surface area contributed by atoms with Crippen molar-refractivity contribution in [1.29, 1.82) is 0 Å². The fraction of sp³-hybridized carbons (Fsp3) is 0.333. The smallest absolute Gasteiger partial charge is 0.314 e. The number of amides is 1. The van der Waals surface area contributed by atoms with Gasteiger partial charge >= 0.3 is 5.97 Å². The Bertz CT molecular complexity index is 725. The van der Waals surface area contributed by atoms with Crippen molar-refractivity contribution in [2.75, 3.05) is 5.32 Å². The number of fused-ring (bicyclic) bond motifs is 1. The Morgan fingerprint density at radius 3 is 2.91 bits per heavy atom. The summed E-state index contributed by atoms with van der Waals surface area (Å²) in [4.78, 5) is 24.1. The van der Waals surface area contributed by atoms with Gasteiger partial charge in [-0.2, -0.15) is 0 Å². The fourth-order valence-electron chi connectivity index (χ4n) is 2.40. The van der Waals surface area contributed by atoms with Crippen molar-refractivity contribution in [3.8, 4) is 0 Å². The van der Waals surface area contributed by atoms with Gasteiger partial charge in [-0.25, -0.2) is 0 Å². The lowest BCUT2D eigenvalue weighted by atomic mass is 9.90. The second-order valence-electron chi connectivity index (χ2n) is 5.13. The molecule has 0 spiro atoms. The number of hydrogen-bond acceptors (Lipinski definition) is 6. The first-order valence-electron chi connectivity index (χ1n) is 6.94. The van der Waals surface area contributed by atoms with Gasteiger partial charge in [-0.05, 0) is 18.6 Å². The number of rotatable bonds is 3. The average molecular weight is 301 g/mol. The molecule has 3 rings (SSSR count). The number of carbonyl (C=O) groups is 2. The molecule has 1 N–H and O–H groups in total. The van der Waals surface area contributed by atoms with E-state index in [1.165, 1.54) is 0 Å². The first-order chi connectivity index (χ1) is 10.5. The van der Waals surface area contributed by atoms with Crippen LogP contribution in [0.5, 0.6) is 0 Å². The molecular weight excluding hydrogens is 286 g/mol. The first kappa shape index (κ1) is 14.2. The molecule has 114 valence electrons. The fourth-order valence-corrected chi connectivity index (χ4v) is 2.40. The summed E-state index contributed by atoms with van der Waals surface area (Å²) in [6.07, 6.45) is -0.600. The van der Waals surface area contributed by atoms with Gasteiger partial charge in [0, 0.05) is 19.0 Å². The third-order valence-electron chi connectivity index (χ3n) is 3.47. The van der Waals surface area contributed by atoms with Crippen LogP contribution in [0.2, 0.25) is 0 Å². The molecule has 7 heteroatoms. The largest absolute Gasteiger partial charge is 0.452 e. The predicted molar refractivity (Wildman–Crippen MR) is 76.0 cm³/mol. The van der Waals surface area contributed by atoms with Crippen molar-refractivity contribution >= 4 is 17.6 Å². The van der Waals surface area contributed by atoms with E-state index in [4.69, 9.17) is 9.15 Å². The van der Waals surface area contributed by atoms with E-state index in [9.17, 15) is 9.59 Å². The molecule has 0 bridgehead atoms. The summed E-state index contributed by atoms with van der Waals surface area (Å²) in [6.45, 7) is 3.31. The van der Waals surface area contributed by atoms with Crippen molar-refractivity contribution in [3.05, 3.63) is 41.6 Å². The number of benzene rings is 1. The van der Waals surface area contributed by atoms with Crippen LogP contribution in [0.25, 0.3) is 0 Å². The maximum absolute atomic E-state index is 12.4. The Hall–Kier alpha value is -2.70. The number of anilines is 1. The zero-order valence-electron chi connectivity index (χ0n) is 12.2. The molecule has 1 aliphatic rings. The Morgan fingerprint density at radius 2 is 2.18 bits per heavy atom. The molecule has 1 aromatic carbocycles. The zero-order chi connectivity index (χ0) is 15.7. The number of hydrogen-bond donors (Lipinski definition) is 1. The minimum Gasteiger partial charge on any atom is -0.452 e. The number of aromatic nitrogens is 2. The van der Waals surface area contributed by atoms with E-state index in [0.29, 0.717) is 11.6 Å². The summed E-state index contributed by atoms with van der Waals surface area (Å²) in [5.41, 5.74) is 1.39. The second kappa shape index (κ2) is 5.59. The highest BCUT2D eigenvalue weighted by molar-refractivity contribution is 5.99. The minimum absolute atomic E-state index is 0.0609. The molecule has 22 heavy (non-hydrogen) atoms. The van der Waals surface area contributed by atoms with Gasteiger partial charge in [-0.1, -0.05) is 18.2 Å². The summed E-state index contributed by atoms with van der Waals surface area (Å²) in [5, 5.41) is 10.3. The molecule has 0 fully saturated rings. The van der Waals surface area contributed by atoms with Crippen molar-refractivity contribution in [1.82, 2.24) is 10.2 Å². The third-order valence-corrected chi connectivity index (χ3v) is 3.47. The van der Waals surface area contributed by atoms with Gasteiger partial charge in [0.15, 0.2) is 6.10 Å². The summed E-state index contributed by atoms with van der Waals surface area (Å²) < 4.78 is 10.6. The number of carbonyl (C=O) groups excluding carboxylic acids is 2.